The Balaban J connectivity index is 1.69. The maximum Gasteiger partial charge on any atom is 0.296 e. The Bertz CT molecular complexity index is 1270. The van der Waals surface area contributed by atoms with Crippen LogP contribution in [0.3, 0.4) is 0 Å². The molecule has 2 aromatic carbocycles. The third kappa shape index (κ3) is 3.61. The topological polar surface area (TPSA) is 79.8 Å². The van der Waals surface area contributed by atoms with Crippen LogP contribution in [-0.2, 0) is 4.79 Å². The van der Waals surface area contributed by atoms with Crippen molar-refractivity contribution in [1.29, 1.82) is 0 Å². The first-order valence-electron chi connectivity index (χ1n) is 10.8. The number of aromatic nitrogens is 1. The first kappa shape index (κ1) is 20.8. The minimum absolute atomic E-state index is 0.102. The van der Waals surface area contributed by atoms with Crippen molar-refractivity contribution in [2.75, 3.05) is 9.80 Å². The van der Waals surface area contributed by atoms with E-state index in [-0.39, 0.29) is 29.7 Å². The molecule has 2 unspecified atom stereocenters. The number of hydrogen-bond acceptors (Lipinski definition) is 5. The average molecular weight is 441 g/mol. The van der Waals surface area contributed by atoms with E-state index in [4.69, 9.17) is 8.94 Å². The normalized spacial score (nSPS) is 17.5. The van der Waals surface area contributed by atoms with E-state index in [1.165, 1.54) is 6.26 Å². The Morgan fingerprint density at radius 3 is 2.33 bits per heavy atom. The predicted molar refractivity (Wildman–Crippen MR) is 124 cm³/mol. The summed E-state index contributed by atoms with van der Waals surface area (Å²) in [6, 6.07) is 21.8. The van der Waals surface area contributed by atoms with E-state index in [9.17, 15) is 9.59 Å². The highest BCUT2D eigenvalue weighted by atomic mass is 16.5. The molecule has 1 aliphatic rings. The van der Waals surface area contributed by atoms with E-state index in [2.05, 4.69) is 5.16 Å². The molecular formula is C26H23N3O4. The predicted octanol–water partition coefficient (Wildman–Crippen LogP) is 5.47. The summed E-state index contributed by atoms with van der Waals surface area (Å²) >= 11 is 0. The van der Waals surface area contributed by atoms with Gasteiger partial charge in [0, 0.05) is 24.2 Å². The highest BCUT2D eigenvalue weighted by molar-refractivity contribution is 6.05. The molecule has 1 aliphatic heterocycles. The lowest BCUT2D eigenvalue weighted by Crippen LogP contribution is -2.47. The second kappa shape index (κ2) is 8.43. The molecule has 4 aromatic rings. The first-order chi connectivity index (χ1) is 16.1. The van der Waals surface area contributed by atoms with Crippen molar-refractivity contribution in [3.63, 3.8) is 0 Å². The van der Waals surface area contributed by atoms with Crippen molar-refractivity contribution in [2.24, 2.45) is 0 Å². The van der Waals surface area contributed by atoms with Gasteiger partial charge < -0.3 is 13.8 Å². The van der Waals surface area contributed by atoms with E-state index >= 15 is 0 Å². The minimum atomic E-state index is -0.364. The van der Waals surface area contributed by atoms with Crippen LogP contribution in [0.25, 0.3) is 11.3 Å². The number of amides is 2. The number of para-hydroxylation sites is 1. The van der Waals surface area contributed by atoms with Gasteiger partial charge in [-0.15, -0.1) is 0 Å². The quantitative estimate of drug-likeness (QED) is 0.420. The highest BCUT2D eigenvalue weighted by Crippen LogP contribution is 2.47. The van der Waals surface area contributed by atoms with Crippen LogP contribution >= 0.6 is 0 Å². The SMILES string of the molecule is CC(=O)N(c1ccccc1)C1CC(C)N(C(=O)c2ccco2)c2onc(-c3ccccc3)c21. The maximum absolute atomic E-state index is 13.3. The molecule has 0 fully saturated rings. The molecule has 0 N–H and O–H groups in total. The number of nitrogens with zero attached hydrogens (tertiary/aromatic N) is 3. The third-order valence-electron chi connectivity index (χ3n) is 5.95. The molecule has 2 atom stereocenters. The molecule has 7 nitrogen and oxygen atoms in total. The molecule has 0 radical (unpaired) electrons. The monoisotopic (exact) mass is 441 g/mol. The van der Waals surface area contributed by atoms with Crippen molar-refractivity contribution >= 4 is 23.4 Å². The summed E-state index contributed by atoms with van der Waals surface area (Å²) in [5.41, 5.74) is 2.95. The summed E-state index contributed by atoms with van der Waals surface area (Å²) in [6.45, 7) is 3.48. The highest BCUT2D eigenvalue weighted by Gasteiger charge is 2.44. The second-order valence-corrected chi connectivity index (χ2v) is 8.09. The Morgan fingerprint density at radius 2 is 1.70 bits per heavy atom. The number of carbonyl (C=O) groups excluding carboxylic acids is 2. The van der Waals surface area contributed by atoms with Gasteiger partial charge in [0.25, 0.3) is 5.91 Å². The van der Waals surface area contributed by atoms with Crippen molar-refractivity contribution in [1.82, 2.24) is 5.16 Å². The van der Waals surface area contributed by atoms with Gasteiger partial charge in [0.2, 0.25) is 11.8 Å². The lowest BCUT2D eigenvalue weighted by molar-refractivity contribution is -0.117. The molecule has 166 valence electrons. The van der Waals surface area contributed by atoms with Gasteiger partial charge in [-0.05, 0) is 37.6 Å². The number of benzene rings is 2. The Labute approximate surface area is 191 Å². The third-order valence-corrected chi connectivity index (χ3v) is 5.95. The van der Waals surface area contributed by atoms with Crippen molar-refractivity contribution in [3.8, 4) is 11.3 Å². The fourth-order valence-electron chi connectivity index (χ4n) is 4.53. The molecule has 2 amide bonds. The lowest BCUT2D eigenvalue weighted by Gasteiger charge is -2.40. The second-order valence-electron chi connectivity index (χ2n) is 8.09. The zero-order valence-corrected chi connectivity index (χ0v) is 18.3. The molecule has 7 heteroatoms. The summed E-state index contributed by atoms with van der Waals surface area (Å²) in [6.07, 6.45) is 1.98. The number of rotatable bonds is 4. The van der Waals surface area contributed by atoms with E-state index in [1.807, 2.05) is 67.6 Å². The minimum Gasteiger partial charge on any atom is -0.459 e. The smallest absolute Gasteiger partial charge is 0.296 e. The van der Waals surface area contributed by atoms with E-state index in [0.717, 1.165) is 11.3 Å². The van der Waals surface area contributed by atoms with Crippen molar-refractivity contribution in [2.45, 2.75) is 32.4 Å². The fraction of sp³-hybridized carbons (Fsp3) is 0.192. The van der Waals surface area contributed by atoms with Crippen LogP contribution in [0.4, 0.5) is 11.6 Å². The Morgan fingerprint density at radius 1 is 1.00 bits per heavy atom. The van der Waals surface area contributed by atoms with Crippen molar-refractivity contribution in [3.05, 3.63) is 90.4 Å². The summed E-state index contributed by atoms with van der Waals surface area (Å²) < 4.78 is 11.2. The molecular weight excluding hydrogens is 418 g/mol. The van der Waals surface area contributed by atoms with E-state index < -0.39 is 0 Å². The molecule has 0 saturated heterocycles. The summed E-state index contributed by atoms with van der Waals surface area (Å²) in [5, 5.41) is 4.36. The van der Waals surface area contributed by atoms with Crippen LogP contribution in [0, 0.1) is 0 Å². The van der Waals surface area contributed by atoms with Gasteiger partial charge >= 0.3 is 0 Å². The van der Waals surface area contributed by atoms with Crippen LogP contribution in [0.15, 0.2) is 88.0 Å². The van der Waals surface area contributed by atoms with Gasteiger partial charge in [-0.2, -0.15) is 0 Å². The molecule has 0 saturated carbocycles. The molecule has 3 heterocycles. The zero-order chi connectivity index (χ0) is 22.9. The van der Waals surface area contributed by atoms with Crippen LogP contribution in [0.5, 0.6) is 0 Å². The van der Waals surface area contributed by atoms with Gasteiger partial charge in [-0.1, -0.05) is 53.7 Å². The zero-order valence-electron chi connectivity index (χ0n) is 18.3. The van der Waals surface area contributed by atoms with Gasteiger partial charge in [0.15, 0.2) is 5.76 Å². The van der Waals surface area contributed by atoms with E-state index in [0.29, 0.717) is 23.6 Å². The lowest BCUT2D eigenvalue weighted by atomic mass is 9.90. The maximum atomic E-state index is 13.3. The molecule has 33 heavy (non-hydrogen) atoms. The number of furan rings is 1. The van der Waals surface area contributed by atoms with Gasteiger partial charge in [0.1, 0.15) is 5.69 Å². The fourth-order valence-corrected chi connectivity index (χ4v) is 4.53. The van der Waals surface area contributed by atoms with Crippen LogP contribution < -0.4 is 9.80 Å². The van der Waals surface area contributed by atoms with Crippen molar-refractivity contribution < 1.29 is 18.5 Å². The number of fused-ring (bicyclic) bond motifs is 1. The molecule has 2 aromatic heterocycles. The summed E-state index contributed by atoms with van der Waals surface area (Å²) in [5.74, 6) is 0.143. The van der Waals surface area contributed by atoms with E-state index in [1.54, 1.807) is 28.9 Å². The summed E-state index contributed by atoms with van der Waals surface area (Å²) in [4.78, 5) is 29.6. The molecule has 0 bridgehead atoms. The standard InChI is InChI=1S/C26H23N3O4/c1-17-16-21(29(18(2)30)20-12-7-4-8-13-20)23-24(19-10-5-3-6-11-19)27-33-26(23)28(17)25(31)22-14-9-15-32-22/h3-15,17,21H,16H2,1-2H3. The number of carbonyl (C=O) groups is 2. The van der Waals surface area contributed by atoms with Gasteiger partial charge in [-0.25, -0.2) is 0 Å². The van der Waals surface area contributed by atoms with Gasteiger partial charge in [-0.3, -0.25) is 14.5 Å². The molecule has 0 spiro atoms. The first-order valence-corrected chi connectivity index (χ1v) is 10.8. The molecule has 0 aliphatic carbocycles. The summed E-state index contributed by atoms with van der Waals surface area (Å²) in [7, 11) is 0. The largest absolute Gasteiger partial charge is 0.459 e. The Kier molecular flexibility index (Phi) is 5.30. The van der Waals surface area contributed by atoms with Crippen LogP contribution in [0.1, 0.15) is 42.4 Å². The average Bonchev–Trinajstić information content (AvgIpc) is 3.51. The Hall–Kier alpha value is -4.13. The number of anilines is 2. The number of hydrogen-bond donors (Lipinski definition) is 0. The molecule has 5 rings (SSSR count). The van der Waals surface area contributed by atoms with Crippen LogP contribution in [-0.4, -0.2) is 23.0 Å². The van der Waals surface area contributed by atoms with Gasteiger partial charge in [0.05, 0.1) is 17.9 Å². The van der Waals surface area contributed by atoms with Crippen LogP contribution in [0.2, 0.25) is 0 Å².